The summed E-state index contributed by atoms with van der Waals surface area (Å²) in [6.07, 6.45) is 1.77. The fourth-order valence-electron chi connectivity index (χ4n) is 1.95. The van der Waals surface area contributed by atoms with Gasteiger partial charge in [0.1, 0.15) is 21.7 Å². The number of aliphatic imine (C=N–C) groups is 1. The van der Waals surface area contributed by atoms with Gasteiger partial charge in [-0.05, 0) is 31.9 Å². The van der Waals surface area contributed by atoms with Crippen LogP contribution in [0.5, 0.6) is 5.75 Å². The fourth-order valence-corrected chi connectivity index (χ4v) is 2.62. The molecule has 0 aromatic heterocycles. The normalized spacial score (nSPS) is 13.5. The number of para-hydroxylation sites is 1. The molecule has 2 N–H and O–H groups in total. The molecule has 0 spiro atoms. The number of guanidine groups is 1. The Morgan fingerprint density at radius 1 is 1.30 bits per heavy atom. The molecule has 1 aromatic rings. The number of benzene rings is 1. The first kappa shape index (κ1) is 19.3. The van der Waals surface area contributed by atoms with E-state index in [1.54, 1.807) is 7.05 Å². The van der Waals surface area contributed by atoms with Crippen LogP contribution < -0.4 is 15.4 Å². The maximum Gasteiger partial charge on any atom is 0.191 e. The number of nitrogens with zero attached hydrogens (tertiary/aromatic N) is 1. The van der Waals surface area contributed by atoms with E-state index < -0.39 is 9.84 Å². The van der Waals surface area contributed by atoms with Crippen LogP contribution in [0.15, 0.2) is 29.3 Å². The molecule has 0 heterocycles. The topological polar surface area (TPSA) is 79.8 Å². The molecular formula is C16H27N3O3S. The molecule has 0 amide bonds. The number of nitrogens with one attached hydrogen (secondary N) is 2. The molecule has 1 unspecified atom stereocenters. The monoisotopic (exact) mass is 341 g/mol. The van der Waals surface area contributed by atoms with E-state index in [0.29, 0.717) is 25.5 Å². The summed E-state index contributed by atoms with van der Waals surface area (Å²) in [7, 11) is -1.23. The van der Waals surface area contributed by atoms with Crippen molar-refractivity contribution in [2.24, 2.45) is 4.99 Å². The zero-order valence-electron chi connectivity index (χ0n) is 14.3. The molecule has 0 saturated heterocycles. The van der Waals surface area contributed by atoms with E-state index in [1.807, 2.05) is 38.1 Å². The molecular weight excluding hydrogens is 314 g/mol. The Labute approximate surface area is 139 Å². The summed E-state index contributed by atoms with van der Waals surface area (Å²) in [5, 5.41) is 6.26. The number of ether oxygens (including phenoxy) is 1. The summed E-state index contributed by atoms with van der Waals surface area (Å²) in [5.74, 6) is 1.68. The van der Waals surface area contributed by atoms with Gasteiger partial charge in [0.2, 0.25) is 0 Å². The average Bonchev–Trinajstić information content (AvgIpc) is 2.48. The molecule has 0 fully saturated rings. The molecule has 1 aromatic carbocycles. The first-order chi connectivity index (χ1) is 10.8. The van der Waals surface area contributed by atoms with Gasteiger partial charge in [-0.15, -0.1) is 0 Å². The molecule has 0 radical (unpaired) electrons. The van der Waals surface area contributed by atoms with Crippen molar-refractivity contribution in [2.45, 2.75) is 26.4 Å². The standard InChI is InChI=1S/C16H27N3O3S/c1-13-8-5-6-9-15(13)22-14(2)12-19-16(17-3)18-10-7-11-23(4,20)21/h5-6,8-9,14H,7,10-12H2,1-4H3,(H2,17,18,19). The number of aryl methyl sites for hydroxylation is 1. The van der Waals surface area contributed by atoms with Gasteiger partial charge in [0, 0.05) is 19.8 Å². The van der Waals surface area contributed by atoms with E-state index >= 15 is 0 Å². The zero-order chi connectivity index (χ0) is 17.3. The minimum absolute atomic E-state index is 0.0225. The van der Waals surface area contributed by atoms with Gasteiger partial charge >= 0.3 is 0 Å². The van der Waals surface area contributed by atoms with Crippen LogP contribution in [0.25, 0.3) is 0 Å². The molecule has 23 heavy (non-hydrogen) atoms. The summed E-state index contributed by atoms with van der Waals surface area (Å²) >= 11 is 0. The summed E-state index contributed by atoms with van der Waals surface area (Å²) in [5.41, 5.74) is 1.10. The lowest BCUT2D eigenvalue weighted by Crippen LogP contribution is -2.42. The maximum absolute atomic E-state index is 11.1. The van der Waals surface area contributed by atoms with Crippen molar-refractivity contribution in [1.29, 1.82) is 0 Å². The number of rotatable bonds is 8. The first-order valence-corrected chi connectivity index (χ1v) is 9.72. The predicted octanol–water partition coefficient (Wildman–Crippen LogP) is 1.36. The van der Waals surface area contributed by atoms with Gasteiger partial charge in [0.15, 0.2) is 5.96 Å². The maximum atomic E-state index is 11.1. The number of hydrogen-bond donors (Lipinski definition) is 2. The minimum Gasteiger partial charge on any atom is -0.489 e. The minimum atomic E-state index is -2.91. The smallest absolute Gasteiger partial charge is 0.191 e. The lowest BCUT2D eigenvalue weighted by atomic mass is 10.2. The predicted molar refractivity (Wildman–Crippen MR) is 95.0 cm³/mol. The van der Waals surface area contributed by atoms with E-state index in [0.717, 1.165) is 11.3 Å². The summed E-state index contributed by atoms with van der Waals surface area (Å²) in [4.78, 5) is 4.11. The third-order valence-electron chi connectivity index (χ3n) is 3.19. The number of sulfone groups is 1. The molecule has 6 nitrogen and oxygen atoms in total. The van der Waals surface area contributed by atoms with Crippen molar-refractivity contribution in [1.82, 2.24) is 10.6 Å². The quantitative estimate of drug-likeness (QED) is 0.424. The fraction of sp³-hybridized carbons (Fsp3) is 0.562. The molecule has 130 valence electrons. The molecule has 0 saturated carbocycles. The Kier molecular flexibility index (Phi) is 7.88. The van der Waals surface area contributed by atoms with Crippen molar-refractivity contribution >= 4 is 15.8 Å². The van der Waals surface area contributed by atoms with Crippen LogP contribution in [0.2, 0.25) is 0 Å². The second-order valence-electron chi connectivity index (χ2n) is 5.56. The Bertz CT molecular complexity index is 615. The Balaban J connectivity index is 2.32. The van der Waals surface area contributed by atoms with E-state index in [4.69, 9.17) is 4.74 Å². The van der Waals surface area contributed by atoms with Gasteiger partial charge in [-0.1, -0.05) is 18.2 Å². The van der Waals surface area contributed by atoms with E-state index in [9.17, 15) is 8.42 Å². The lowest BCUT2D eigenvalue weighted by molar-refractivity contribution is 0.222. The Morgan fingerprint density at radius 2 is 2.00 bits per heavy atom. The van der Waals surface area contributed by atoms with Gasteiger partial charge < -0.3 is 15.4 Å². The third-order valence-corrected chi connectivity index (χ3v) is 4.22. The molecule has 1 rings (SSSR count). The molecule has 7 heteroatoms. The SMILES string of the molecule is CN=C(NCCCS(C)(=O)=O)NCC(C)Oc1ccccc1C. The van der Waals surface area contributed by atoms with Crippen LogP contribution in [0.1, 0.15) is 18.9 Å². The van der Waals surface area contributed by atoms with Crippen LogP contribution in [0.4, 0.5) is 0 Å². The van der Waals surface area contributed by atoms with Crippen molar-refractivity contribution < 1.29 is 13.2 Å². The second-order valence-corrected chi connectivity index (χ2v) is 7.82. The zero-order valence-corrected chi connectivity index (χ0v) is 15.1. The summed E-state index contributed by atoms with van der Waals surface area (Å²) in [6.45, 7) is 5.15. The summed E-state index contributed by atoms with van der Waals surface area (Å²) < 4.78 is 28.0. The van der Waals surface area contributed by atoms with Crippen LogP contribution >= 0.6 is 0 Å². The van der Waals surface area contributed by atoms with E-state index in [-0.39, 0.29) is 11.9 Å². The highest BCUT2D eigenvalue weighted by Crippen LogP contribution is 2.17. The van der Waals surface area contributed by atoms with Crippen molar-refractivity contribution in [3.05, 3.63) is 29.8 Å². The Morgan fingerprint density at radius 3 is 2.61 bits per heavy atom. The van der Waals surface area contributed by atoms with E-state index in [1.165, 1.54) is 6.26 Å². The van der Waals surface area contributed by atoms with Crippen LogP contribution in [-0.2, 0) is 9.84 Å². The van der Waals surface area contributed by atoms with Gasteiger partial charge in [0.05, 0.1) is 12.3 Å². The van der Waals surface area contributed by atoms with Crippen molar-refractivity contribution in [3.63, 3.8) is 0 Å². The summed E-state index contributed by atoms with van der Waals surface area (Å²) in [6, 6.07) is 7.89. The molecule has 0 aliphatic heterocycles. The Hall–Kier alpha value is -1.76. The highest BCUT2D eigenvalue weighted by Gasteiger charge is 2.07. The molecule has 0 bridgehead atoms. The van der Waals surface area contributed by atoms with Crippen LogP contribution in [-0.4, -0.2) is 52.6 Å². The largest absolute Gasteiger partial charge is 0.489 e. The first-order valence-electron chi connectivity index (χ1n) is 7.66. The van der Waals surface area contributed by atoms with Gasteiger partial charge in [-0.2, -0.15) is 0 Å². The van der Waals surface area contributed by atoms with Crippen LogP contribution in [0.3, 0.4) is 0 Å². The molecule has 0 aliphatic carbocycles. The third kappa shape index (κ3) is 8.44. The second kappa shape index (κ2) is 9.39. The number of hydrogen-bond acceptors (Lipinski definition) is 4. The highest BCUT2D eigenvalue weighted by atomic mass is 32.2. The van der Waals surface area contributed by atoms with Crippen LogP contribution in [0, 0.1) is 6.92 Å². The van der Waals surface area contributed by atoms with Crippen molar-refractivity contribution in [3.8, 4) is 5.75 Å². The molecule has 1 atom stereocenters. The van der Waals surface area contributed by atoms with Gasteiger partial charge in [-0.25, -0.2) is 8.42 Å². The molecule has 0 aliphatic rings. The van der Waals surface area contributed by atoms with Gasteiger partial charge in [-0.3, -0.25) is 4.99 Å². The highest BCUT2D eigenvalue weighted by molar-refractivity contribution is 7.90. The average molecular weight is 341 g/mol. The van der Waals surface area contributed by atoms with Gasteiger partial charge in [0.25, 0.3) is 0 Å². The lowest BCUT2D eigenvalue weighted by Gasteiger charge is -2.18. The van der Waals surface area contributed by atoms with E-state index in [2.05, 4.69) is 15.6 Å². The van der Waals surface area contributed by atoms with Crippen molar-refractivity contribution in [2.75, 3.05) is 32.1 Å².